The molecule has 0 rings (SSSR count). The second-order valence-corrected chi connectivity index (χ2v) is 4.23. The van der Waals surface area contributed by atoms with E-state index in [2.05, 4.69) is 18.9 Å². The van der Waals surface area contributed by atoms with Crippen LogP contribution in [-0.4, -0.2) is 82.3 Å². The molecule has 0 atom stereocenters. The van der Waals surface area contributed by atoms with Crippen LogP contribution in [-0.2, 0) is 38.1 Å². The maximum absolute atomic E-state index is 10.8. The van der Waals surface area contributed by atoms with E-state index in [1.807, 2.05) is 0 Å². The number of carbonyl (C=O) groups excluding carboxylic acids is 4. The van der Waals surface area contributed by atoms with E-state index in [1.54, 1.807) is 0 Å². The molecule has 0 aliphatic heterocycles. The van der Waals surface area contributed by atoms with Gasteiger partial charge >= 0.3 is 35.5 Å². The zero-order valence-electron chi connectivity index (χ0n) is 14.9. The Bertz CT molecular complexity index is 398. The molecular weight excluding hydrogens is 360 g/mol. The number of ether oxygens (including phenoxy) is 4. The zero-order valence-corrected chi connectivity index (χ0v) is 14.9. The largest absolute Gasteiger partial charge is 0.462 e. The second kappa shape index (κ2) is 12.1. The van der Waals surface area contributed by atoms with Crippen molar-refractivity contribution in [2.75, 3.05) is 26.4 Å². The summed E-state index contributed by atoms with van der Waals surface area (Å²) in [6.45, 7) is 5.67. The molecule has 0 heterocycles. The minimum absolute atomic E-state index is 0.0545. The number of esters is 4. The van der Waals surface area contributed by atoms with Gasteiger partial charge in [0.1, 0.15) is 0 Å². The summed E-state index contributed by atoms with van der Waals surface area (Å²) in [6.07, 6.45) is 0. The van der Waals surface area contributed by atoms with Crippen molar-refractivity contribution in [1.82, 2.24) is 0 Å². The van der Waals surface area contributed by atoms with Crippen LogP contribution in [0, 0.1) is 0 Å². The van der Waals surface area contributed by atoms with Crippen LogP contribution < -0.4 is 0 Å². The highest BCUT2D eigenvalue weighted by Gasteiger charge is 2.46. The van der Waals surface area contributed by atoms with Crippen molar-refractivity contribution >= 4 is 23.9 Å². The molecule has 0 aliphatic rings. The summed E-state index contributed by atoms with van der Waals surface area (Å²) < 4.78 is 16.9. The summed E-state index contributed by atoms with van der Waals surface area (Å²) in [4.78, 5) is 43.0. The molecule has 0 saturated carbocycles. The van der Waals surface area contributed by atoms with Crippen molar-refractivity contribution < 1.29 is 58.6 Å². The third-order valence-corrected chi connectivity index (χ3v) is 2.24. The summed E-state index contributed by atoms with van der Waals surface area (Å²) in [5.41, 5.74) is 0. The number of rotatable bonds is 8. The smallest absolute Gasteiger partial charge is 0.379 e. The molecule has 0 aliphatic carbocycles. The SMILES string of the molecule is CCOC(=O)C(O)(O)C(=O)OCC.CCOC(=O)C(O)(O)C(=O)OCC. The van der Waals surface area contributed by atoms with Gasteiger partial charge in [0.25, 0.3) is 0 Å². The molecule has 0 amide bonds. The fourth-order valence-corrected chi connectivity index (χ4v) is 1.09. The van der Waals surface area contributed by atoms with Crippen LogP contribution >= 0.6 is 0 Å². The van der Waals surface area contributed by atoms with Crippen LogP contribution in [0.2, 0.25) is 0 Å². The van der Waals surface area contributed by atoms with Gasteiger partial charge in [0.15, 0.2) is 0 Å². The molecule has 0 aromatic carbocycles. The minimum Gasteiger partial charge on any atom is -0.462 e. The van der Waals surface area contributed by atoms with Gasteiger partial charge in [0.05, 0.1) is 26.4 Å². The number of aliphatic hydroxyl groups is 4. The van der Waals surface area contributed by atoms with E-state index < -0.39 is 35.5 Å². The Labute approximate surface area is 149 Å². The fraction of sp³-hybridized carbons (Fsp3) is 0.714. The molecule has 152 valence electrons. The van der Waals surface area contributed by atoms with Crippen molar-refractivity contribution in [3.63, 3.8) is 0 Å². The van der Waals surface area contributed by atoms with E-state index in [0.717, 1.165) is 0 Å². The summed E-state index contributed by atoms with van der Waals surface area (Å²) in [7, 11) is 0. The molecule has 0 saturated heterocycles. The van der Waals surface area contributed by atoms with Gasteiger partial charge in [-0.15, -0.1) is 0 Å². The maximum atomic E-state index is 10.8. The van der Waals surface area contributed by atoms with Crippen molar-refractivity contribution in [1.29, 1.82) is 0 Å². The van der Waals surface area contributed by atoms with Gasteiger partial charge in [0, 0.05) is 0 Å². The number of hydrogen-bond donors (Lipinski definition) is 4. The molecule has 0 aromatic heterocycles. The van der Waals surface area contributed by atoms with Gasteiger partial charge in [0.2, 0.25) is 0 Å². The van der Waals surface area contributed by atoms with E-state index in [0.29, 0.717) is 0 Å². The van der Waals surface area contributed by atoms with E-state index in [-0.39, 0.29) is 26.4 Å². The van der Waals surface area contributed by atoms with Gasteiger partial charge in [-0.1, -0.05) is 0 Å². The molecule has 0 radical (unpaired) electrons. The van der Waals surface area contributed by atoms with Crippen LogP contribution in [0.1, 0.15) is 27.7 Å². The number of carbonyl (C=O) groups is 4. The standard InChI is InChI=1S/2C7H12O6/c2*1-3-12-5(8)7(10,11)6(9)13-4-2/h2*10-11H,3-4H2,1-2H3. The first kappa shape index (κ1) is 26.0. The molecule has 0 aromatic rings. The third-order valence-electron chi connectivity index (χ3n) is 2.24. The first-order valence-electron chi connectivity index (χ1n) is 7.51. The maximum Gasteiger partial charge on any atom is 0.379 e. The number of hydrogen-bond acceptors (Lipinski definition) is 12. The van der Waals surface area contributed by atoms with Crippen LogP contribution in [0.25, 0.3) is 0 Å². The topological polar surface area (TPSA) is 186 Å². The van der Waals surface area contributed by atoms with E-state index >= 15 is 0 Å². The predicted octanol–water partition coefficient (Wildman–Crippen LogP) is -2.41. The summed E-state index contributed by atoms with van der Waals surface area (Å²) in [6, 6.07) is 0. The Balaban J connectivity index is 0. The highest BCUT2D eigenvalue weighted by atomic mass is 16.6. The summed E-state index contributed by atoms with van der Waals surface area (Å²) in [5, 5.41) is 35.7. The first-order valence-corrected chi connectivity index (χ1v) is 7.51. The second-order valence-electron chi connectivity index (χ2n) is 4.23. The monoisotopic (exact) mass is 384 g/mol. The van der Waals surface area contributed by atoms with E-state index in [1.165, 1.54) is 27.7 Å². The molecule has 26 heavy (non-hydrogen) atoms. The molecule has 12 heteroatoms. The normalized spacial score (nSPS) is 10.8. The van der Waals surface area contributed by atoms with Gasteiger partial charge in [-0.3, -0.25) is 0 Å². The van der Waals surface area contributed by atoms with E-state index in [9.17, 15) is 19.2 Å². The Morgan fingerprint density at radius 3 is 0.808 bits per heavy atom. The first-order chi connectivity index (χ1) is 11.9. The Morgan fingerprint density at radius 2 is 0.692 bits per heavy atom. The lowest BCUT2D eigenvalue weighted by Gasteiger charge is -2.16. The third kappa shape index (κ3) is 8.20. The molecule has 4 N–H and O–H groups in total. The summed E-state index contributed by atoms with van der Waals surface area (Å²) in [5.74, 6) is -12.2. The molecule has 0 unspecified atom stereocenters. The van der Waals surface area contributed by atoms with Crippen LogP contribution in [0.5, 0.6) is 0 Å². The van der Waals surface area contributed by atoms with Crippen molar-refractivity contribution in [3.8, 4) is 0 Å². The van der Waals surface area contributed by atoms with Gasteiger partial charge < -0.3 is 39.4 Å². The molecule has 0 fully saturated rings. The molecule has 0 bridgehead atoms. The molecule has 0 spiro atoms. The highest BCUT2D eigenvalue weighted by Crippen LogP contribution is 2.06. The Hall–Kier alpha value is -2.28. The lowest BCUT2D eigenvalue weighted by molar-refractivity contribution is -0.223. The Morgan fingerprint density at radius 1 is 0.538 bits per heavy atom. The van der Waals surface area contributed by atoms with Gasteiger partial charge in [-0.05, 0) is 27.7 Å². The van der Waals surface area contributed by atoms with Gasteiger partial charge in [-0.2, -0.15) is 0 Å². The van der Waals surface area contributed by atoms with Crippen molar-refractivity contribution in [2.24, 2.45) is 0 Å². The van der Waals surface area contributed by atoms with Gasteiger partial charge in [-0.25, -0.2) is 19.2 Å². The fourth-order valence-electron chi connectivity index (χ4n) is 1.09. The lowest BCUT2D eigenvalue weighted by Crippen LogP contribution is -2.48. The average molecular weight is 384 g/mol. The van der Waals surface area contributed by atoms with Crippen LogP contribution in [0.4, 0.5) is 0 Å². The minimum atomic E-state index is -3.20. The Kier molecular flexibility index (Phi) is 12.1. The summed E-state index contributed by atoms with van der Waals surface area (Å²) >= 11 is 0. The predicted molar refractivity (Wildman–Crippen MR) is 80.9 cm³/mol. The van der Waals surface area contributed by atoms with E-state index in [4.69, 9.17) is 20.4 Å². The van der Waals surface area contributed by atoms with Crippen LogP contribution in [0.3, 0.4) is 0 Å². The molecule has 12 nitrogen and oxygen atoms in total. The zero-order chi connectivity index (χ0) is 21.0. The van der Waals surface area contributed by atoms with Crippen molar-refractivity contribution in [3.05, 3.63) is 0 Å². The lowest BCUT2D eigenvalue weighted by atomic mass is 10.3. The molecular formula is C14H24O12. The van der Waals surface area contributed by atoms with Crippen LogP contribution in [0.15, 0.2) is 0 Å². The average Bonchev–Trinajstić information content (AvgIpc) is 2.56. The van der Waals surface area contributed by atoms with Crippen molar-refractivity contribution in [2.45, 2.75) is 39.3 Å². The highest BCUT2D eigenvalue weighted by molar-refractivity contribution is 6.01. The quantitative estimate of drug-likeness (QED) is 0.150.